The van der Waals surface area contributed by atoms with Gasteiger partial charge in [0, 0.05) is 25.7 Å². The van der Waals surface area contributed by atoms with Gasteiger partial charge >= 0.3 is 11.1 Å². The van der Waals surface area contributed by atoms with Crippen molar-refractivity contribution in [2.45, 2.75) is 13.8 Å². The molecule has 0 aliphatic rings. The topological polar surface area (TPSA) is 91.6 Å². The summed E-state index contributed by atoms with van der Waals surface area (Å²) in [4.78, 5) is 37.7. The largest absolute Gasteiger partial charge is 0.494 e. The third-order valence-electron chi connectivity index (χ3n) is 5.48. The van der Waals surface area contributed by atoms with Crippen molar-refractivity contribution in [2.24, 2.45) is 14.1 Å². The Morgan fingerprint density at radius 1 is 0.882 bits per heavy atom. The molecule has 1 amide bonds. The fourth-order valence-corrected chi connectivity index (χ4v) is 3.66. The van der Waals surface area contributed by atoms with Crippen LogP contribution in [-0.4, -0.2) is 21.6 Å². The Balaban J connectivity index is 1.82. The lowest BCUT2D eigenvalue weighted by Crippen LogP contribution is -2.39. The number of benzene rings is 3. The molecule has 0 saturated heterocycles. The molecule has 0 aliphatic heterocycles. The van der Waals surface area contributed by atoms with E-state index in [4.69, 9.17) is 9.47 Å². The molecule has 0 saturated carbocycles. The zero-order chi connectivity index (χ0) is 24.4. The summed E-state index contributed by atoms with van der Waals surface area (Å²) >= 11 is 0. The molecule has 0 fully saturated rings. The molecule has 0 radical (unpaired) electrons. The Hall–Kier alpha value is -4.33. The normalized spacial score (nSPS) is 10.8. The van der Waals surface area contributed by atoms with Crippen LogP contribution in [0.5, 0.6) is 17.2 Å². The van der Waals surface area contributed by atoms with Crippen LogP contribution in [0.15, 0.2) is 70.3 Å². The van der Waals surface area contributed by atoms with Crippen LogP contribution in [-0.2, 0) is 14.1 Å². The number of aryl methyl sites for hydroxylation is 3. The lowest BCUT2D eigenvalue weighted by Gasteiger charge is -2.17. The number of rotatable bonds is 6. The SMILES string of the molecule is CCOc1ccc(Oc2cc3c(cc2NC(=O)c2cccc(C)c2)n(C)c(=O)c(=O)n3C)cc1. The van der Waals surface area contributed by atoms with Gasteiger partial charge in [-0.1, -0.05) is 17.7 Å². The Labute approximate surface area is 196 Å². The summed E-state index contributed by atoms with van der Waals surface area (Å²) in [6.07, 6.45) is 0. The molecule has 0 unspecified atom stereocenters. The summed E-state index contributed by atoms with van der Waals surface area (Å²) in [6, 6.07) is 17.5. The van der Waals surface area contributed by atoms with Crippen molar-refractivity contribution in [1.29, 1.82) is 0 Å². The van der Waals surface area contributed by atoms with Crippen LogP contribution in [0.1, 0.15) is 22.8 Å². The summed E-state index contributed by atoms with van der Waals surface area (Å²) in [7, 11) is 3.04. The lowest BCUT2D eigenvalue weighted by atomic mass is 10.1. The predicted molar refractivity (Wildman–Crippen MR) is 131 cm³/mol. The van der Waals surface area contributed by atoms with Crippen LogP contribution >= 0.6 is 0 Å². The zero-order valence-electron chi connectivity index (χ0n) is 19.4. The number of carbonyl (C=O) groups is 1. The van der Waals surface area contributed by atoms with Gasteiger partial charge in [-0.2, -0.15) is 0 Å². The molecule has 4 rings (SSSR count). The molecule has 0 bridgehead atoms. The van der Waals surface area contributed by atoms with Gasteiger partial charge in [-0.15, -0.1) is 0 Å². The number of nitrogens with zero attached hydrogens (tertiary/aromatic N) is 2. The second-order valence-electron chi connectivity index (χ2n) is 7.90. The second-order valence-corrected chi connectivity index (χ2v) is 7.90. The van der Waals surface area contributed by atoms with Gasteiger partial charge in [0.15, 0.2) is 5.75 Å². The molecule has 1 aromatic heterocycles. The van der Waals surface area contributed by atoms with Crippen LogP contribution in [0.2, 0.25) is 0 Å². The van der Waals surface area contributed by atoms with E-state index in [1.807, 2.05) is 26.0 Å². The highest BCUT2D eigenvalue weighted by Crippen LogP contribution is 2.34. The molecular weight excluding hydrogens is 434 g/mol. The van der Waals surface area contributed by atoms with Gasteiger partial charge in [-0.05, 0) is 56.3 Å². The first-order valence-electron chi connectivity index (χ1n) is 10.8. The fourth-order valence-electron chi connectivity index (χ4n) is 3.66. The third-order valence-corrected chi connectivity index (χ3v) is 5.48. The minimum atomic E-state index is -0.661. The van der Waals surface area contributed by atoms with E-state index in [0.717, 1.165) is 5.56 Å². The van der Waals surface area contributed by atoms with Crippen molar-refractivity contribution in [3.05, 3.63) is 92.5 Å². The van der Waals surface area contributed by atoms with Crippen molar-refractivity contribution in [2.75, 3.05) is 11.9 Å². The van der Waals surface area contributed by atoms with E-state index in [9.17, 15) is 14.4 Å². The summed E-state index contributed by atoms with van der Waals surface area (Å²) in [5.74, 6) is 1.23. The number of hydrogen-bond acceptors (Lipinski definition) is 5. The average Bonchev–Trinajstić information content (AvgIpc) is 2.83. The molecule has 1 N–H and O–H groups in total. The van der Waals surface area contributed by atoms with Gasteiger partial charge in [0.1, 0.15) is 11.5 Å². The molecule has 174 valence electrons. The summed E-state index contributed by atoms with van der Waals surface area (Å²) in [5, 5.41) is 2.89. The first-order chi connectivity index (χ1) is 16.3. The van der Waals surface area contributed by atoms with E-state index < -0.39 is 11.1 Å². The standard InChI is InChI=1S/C26H25N3O5/c1-5-33-18-9-11-19(12-10-18)34-23-15-22-21(28(3)25(31)26(32)29(22)4)14-20(23)27-24(30)17-8-6-7-16(2)13-17/h6-15H,5H2,1-4H3,(H,27,30). The molecule has 4 aromatic rings. The van der Waals surface area contributed by atoms with Crippen LogP contribution in [0.25, 0.3) is 11.0 Å². The van der Waals surface area contributed by atoms with Gasteiger partial charge in [-0.3, -0.25) is 14.4 Å². The first kappa shape index (κ1) is 22.8. The third kappa shape index (κ3) is 4.43. The van der Waals surface area contributed by atoms with Gasteiger partial charge in [0.25, 0.3) is 5.91 Å². The summed E-state index contributed by atoms with van der Waals surface area (Å²) < 4.78 is 14.1. The maximum absolute atomic E-state index is 13.0. The van der Waals surface area contributed by atoms with E-state index in [0.29, 0.717) is 46.1 Å². The Bertz CT molecular complexity index is 1500. The Morgan fingerprint density at radius 2 is 1.50 bits per heavy atom. The highest BCUT2D eigenvalue weighted by molar-refractivity contribution is 6.06. The zero-order valence-corrected chi connectivity index (χ0v) is 19.4. The molecule has 1 heterocycles. The van der Waals surface area contributed by atoms with Crippen LogP contribution < -0.4 is 25.9 Å². The van der Waals surface area contributed by atoms with E-state index in [-0.39, 0.29) is 5.91 Å². The monoisotopic (exact) mass is 459 g/mol. The van der Waals surface area contributed by atoms with E-state index >= 15 is 0 Å². The molecule has 8 nitrogen and oxygen atoms in total. The number of ether oxygens (including phenoxy) is 2. The Morgan fingerprint density at radius 3 is 2.12 bits per heavy atom. The second kappa shape index (κ2) is 9.27. The predicted octanol–water partition coefficient (Wildman–Crippen LogP) is 3.99. The first-order valence-corrected chi connectivity index (χ1v) is 10.8. The van der Waals surface area contributed by atoms with Gasteiger partial charge in [-0.25, -0.2) is 0 Å². The molecular formula is C26H25N3O5. The maximum Gasteiger partial charge on any atom is 0.316 e. The van der Waals surface area contributed by atoms with E-state index in [1.165, 1.54) is 23.2 Å². The maximum atomic E-state index is 13.0. The molecule has 34 heavy (non-hydrogen) atoms. The molecule has 0 atom stereocenters. The summed E-state index contributed by atoms with van der Waals surface area (Å²) in [6.45, 7) is 4.36. The quantitative estimate of drug-likeness (QED) is 0.440. The number of fused-ring (bicyclic) bond motifs is 1. The highest BCUT2D eigenvalue weighted by Gasteiger charge is 2.17. The average molecular weight is 460 g/mol. The number of amides is 1. The molecule has 8 heteroatoms. The lowest BCUT2D eigenvalue weighted by molar-refractivity contribution is 0.102. The van der Waals surface area contributed by atoms with E-state index in [1.54, 1.807) is 48.5 Å². The van der Waals surface area contributed by atoms with Gasteiger partial charge in [0.2, 0.25) is 0 Å². The van der Waals surface area contributed by atoms with Crippen LogP contribution in [0.3, 0.4) is 0 Å². The van der Waals surface area contributed by atoms with Crippen molar-refractivity contribution < 1.29 is 14.3 Å². The van der Waals surface area contributed by atoms with Crippen molar-refractivity contribution in [3.63, 3.8) is 0 Å². The summed E-state index contributed by atoms with van der Waals surface area (Å²) in [5.41, 5.74) is 1.45. The molecule has 3 aromatic carbocycles. The number of aromatic nitrogens is 2. The van der Waals surface area contributed by atoms with E-state index in [2.05, 4.69) is 5.32 Å². The smallest absolute Gasteiger partial charge is 0.316 e. The molecule has 0 aliphatic carbocycles. The van der Waals surface area contributed by atoms with Crippen LogP contribution in [0.4, 0.5) is 5.69 Å². The Kier molecular flexibility index (Phi) is 6.23. The number of hydrogen-bond donors (Lipinski definition) is 1. The van der Waals surface area contributed by atoms with Gasteiger partial charge in [0.05, 0.1) is 23.3 Å². The van der Waals surface area contributed by atoms with Crippen molar-refractivity contribution >= 4 is 22.6 Å². The van der Waals surface area contributed by atoms with Crippen molar-refractivity contribution in [1.82, 2.24) is 9.13 Å². The number of anilines is 1. The number of nitrogens with one attached hydrogen (secondary N) is 1. The highest BCUT2D eigenvalue weighted by atomic mass is 16.5. The fraction of sp³-hybridized carbons (Fsp3) is 0.192. The van der Waals surface area contributed by atoms with Crippen LogP contribution in [0, 0.1) is 6.92 Å². The minimum absolute atomic E-state index is 0.325. The minimum Gasteiger partial charge on any atom is -0.494 e. The number of carbonyl (C=O) groups excluding carboxylic acids is 1. The molecule has 0 spiro atoms. The van der Waals surface area contributed by atoms with Gasteiger partial charge < -0.3 is 23.9 Å². The van der Waals surface area contributed by atoms with Crippen molar-refractivity contribution in [3.8, 4) is 17.2 Å².